The lowest BCUT2D eigenvalue weighted by molar-refractivity contribution is 0.196. The van der Waals surface area contributed by atoms with Crippen LogP contribution in [0.2, 0.25) is 0 Å². The van der Waals surface area contributed by atoms with Gasteiger partial charge in [0.2, 0.25) is 0 Å². The summed E-state index contributed by atoms with van der Waals surface area (Å²) in [5.74, 6) is 0.965. The minimum Gasteiger partial charge on any atom is -0.485 e. The van der Waals surface area contributed by atoms with Crippen LogP contribution in [0.3, 0.4) is 0 Å². The van der Waals surface area contributed by atoms with Crippen LogP contribution in [0.5, 0.6) is 5.75 Å². The molecule has 2 rings (SSSR count). The predicted molar refractivity (Wildman–Crippen MR) is 86.5 cm³/mol. The van der Waals surface area contributed by atoms with E-state index in [9.17, 15) is 0 Å². The second kappa shape index (κ2) is 9.94. The molecule has 0 spiro atoms. The van der Waals surface area contributed by atoms with Gasteiger partial charge in [-0.25, -0.2) is 0 Å². The average molecular weight is 291 g/mol. The average Bonchev–Trinajstić information content (AvgIpc) is 2.48. The highest BCUT2D eigenvalue weighted by molar-refractivity contribution is 5.34. The van der Waals surface area contributed by atoms with Gasteiger partial charge in [-0.2, -0.15) is 0 Å². The van der Waals surface area contributed by atoms with Gasteiger partial charge in [0.1, 0.15) is 11.9 Å². The van der Waals surface area contributed by atoms with Gasteiger partial charge >= 0.3 is 0 Å². The first-order valence-electron chi connectivity index (χ1n) is 6.84. The van der Waals surface area contributed by atoms with Crippen molar-refractivity contribution in [1.82, 2.24) is 0 Å². The van der Waals surface area contributed by atoms with E-state index in [0.29, 0.717) is 6.54 Å². The van der Waals surface area contributed by atoms with Gasteiger partial charge in [0.15, 0.2) is 0 Å². The van der Waals surface area contributed by atoms with Crippen molar-refractivity contribution in [2.45, 2.75) is 25.9 Å². The standard InChI is InChI=1S/C17H21NO.2H2O/c1-2-14-8-6-7-11-16(14)19-17(12-13-18)15-9-4-3-5-10-15;;/h3-11,17H,2,12-13,18H2,1H3;2*1H2. The summed E-state index contributed by atoms with van der Waals surface area (Å²) in [6.45, 7) is 2.76. The largest absolute Gasteiger partial charge is 0.485 e. The second-order valence-corrected chi connectivity index (χ2v) is 4.56. The Hall–Kier alpha value is -1.88. The number of rotatable bonds is 6. The molecule has 0 aliphatic heterocycles. The normalized spacial score (nSPS) is 11.0. The number of hydrogen-bond donors (Lipinski definition) is 1. The Bertz CT molecular complexity index is 502. The third-order valence-corrected chi connectivity index (χ3v) is 3.22. The molecule has 1 unspecified atom stereocenters. The molecule has 0 aliphatic rings. The molecule has 0 radical (unpaired) electrons. The molecular weight excluding hydrogens is 266 g/mol. The SMILES string of the molecule is CCc1ccccc1OC(CCN)c1ccccc1.O.O. The highest BCUT2D eigenvalue weighted by atomic mass is 16.5. The van der Waals surface area contributed by atoms with Crippen molar-refractivity contribution in [3.05, 3.63) is 65.7 Å². The third kappa shape index (κ3) is 5.19. The maximum Gasteiger partial charge on any atom is 0.125 e. The molecule has 6 N–H and O–H groups in total. The van der Waals surface area contributed by atoms with Crippen LogP contribution in [0, 0.1) is 0 Å². The van der Waals surface area contributed by atoms with Crippen LogP contribution >= 0.6 is 0 Å². The third-order valence-electron chi connectivity index (χ3n) is 3.22. The highest BCUT2D eigenvalue weighted by Crippen LogP contribution is 2.27. The van der Waals surface area contributed by atoms with E-state index in [-0.39, 0.29) is 17.1 Å². The van der Waals surface area contributed by atoms with Crippen molar-refractivity contribution in [3.63, 3.8) is 0 Å². The van der Waals surface area contributed by atoms with Gasteiger partial charge in [-0.05, 0) is 30.2 Å². The lowest BCUT2D eigenvalue weighted by Crippen LogP contribution is -2.13. The number of aryl methyl sites for hydroxylation is 1. The van der Waals surface area contributed by atoms with E-state index in [1.165, 1.54) is 11.1 Å². The lowest BCUT2D eigenvalue weighted by atomic mass is 10.1. The first-order valence-corrected chi connectivity index (χ1v) is 6.84. The summed E-state index contributed by atoms with van der Waals surface area (Å²) >= 11 is 0. The minimum atomic E-state index is 0. The molecule has 2 aromatic rings. The Kier molecular flexibility index (Phi) is 9.05. The Morgan fingerprint density at radius 1 is 0.952 bits per heavy atom. The highest BCUT2D eigenvalue weighted by Gasteiger charge is 2.13. The Morgan fingerprint density at radius 2 is 1.57 bits per heavy atom. The summed E-state index contributed by atoms with van der Waals surface area (Å²) in [4.78, 5) is 0. The molecule has 0 aliphatic carbocycles. The van der Waals surface area contributed by atoms with Crippen LogP contribution in [0.1, 0.15) is 30.6 Å². The molecular formula is C17H25NO3. The summed E-state index contributed by atoms with van der Waals surface area (Å²) in [6.07, 6.45) is 1.82. The van der Waals surface area contributed by atoms with Crippen molar-refractivity contribution in [2.24, 2.45) is 5.73 Å². The fourth-order valence-electron chi connectivity index (χ4n) is 2.18. The van der Waals surface area contributed by atoms with E-state index >= 15 is 0 Å². The number of para-hydroxylation sites is 1. The number of hydrogen-bond acceptors (Lipinski definition) is 2. The Morgan fingerprint density at radius 3 is 2.19 bits per heavy atom. The summed E-state index contributed by atoms with van der Waals surface area (Å²) < 4.78 is 6.18. The number of ether oxygens (including phenoxy) is 1. The van der Waals surface area contributed by atoms with Crippen molar-refractivity contribution >= 4 is 0 Å². The molecule has 4 heteroatoms. The van der Waals surface area contributed by atoms with E-state index in [1.807, 2.05) is 36.4 Å². The fourth-order valence-corrected chi connectivity index (χ4v) is 2.18. The van der Waals surface area contributed by atoms with Crippen LogP contribution in [0.4, 0.5) is 0 Å². The maximum absolute atomic E-state index is 6.18. The monoisotopic (exact) mass is 291 g/mol. The molecule has 4 nitrogen and oxygen atoms in total. The van der Waals surface area contributed by atoms with Crippen molar-refractivity contribution in [1.29, 1.82) is 0 Å². The van der Waals surface area contributed by atoms with E-state index in [4.69, 9.17) is 10.5 Å². The smallest absolute Gasteiger partial charge is 0.125 e. The van der Waals surface area contributed by atoms with E-state index in [1.54, 1.807) is 0 Å². The molecule has 21 heavy (non-hydrogen) atoms. The zero-order chi connectivity index (χ0) is 13.5. The van der Waals surface area contributed by atoms with Crippen molar-refractivity contribution < 1.29 is 15.7 Å². The first-order chi connectivity index (χ1) is 9.35. The number of benzene rings is 2. The molecule has 0 bridgehead atoms. The Balaban J connectivity index is 0.00000200. The molecule has 2 aromatic carbocycles. The van der Waals surface area contributed by atoms with Gasteiger partial charge in [-0.3, -0.25) is 0 Å². The minimum absolute atomic E-state index is 0. The summed E-state index contributed by atoms with van der Waals surface area (Å²) in [5, 5.41) is 0. The lowest BCUT2D eigenvalue weighted by Gasteiger charge is -2.20. The van der Waals surface area contributed by atoms with E-state index in [0.717, 1.165) is 18.6 Å². The quantitative estimate of drug-likeness (QED) is 0.881. The molecule has 0 saturated carbocycles. The molecule has 0 amide bonds. The molecule has 0 aromatic heterocycles. The zero-order valence-electron chi connectivity index (χ0n) is 12.4. The predicted octanol–water partition coefficient (Wildman–Crippen LogP) is 2.07. The van der Waals surface area contributed by atoms with E-state index in [2.05, 4.69) is 25.1 Å². The number of nitrogens with two attached hydrogens (primary N) is 1. The molecule has 0 fully saturated rings. The maximum atomic E-state index is 6.18. The van der Waals surface area contributed by atoms with Crippen LogP contribution in [-0.2, 0) is 6.42 Å². The van der Waals surface area contributed by atoms with Crippen molar-refractivity contribution in [3.8, 4) is 5.75 Å². The van der Waals surface area contributed by atoms with Crippen LogP contribution < -0.4 is 10.5 Å². The van der Waals surface area contributed by atoms with Crippen LogP contribution in [-0.4, -0.2) is 17.5 Å². The fraction of sp³-hybridized carbons (Fsp3) is 0.294. The van der Waals surface area contributed by atoms with Crippen LogP contribution in [0.15, 0.2) is 54.6 Å². The zero-order valence-corrected chi connectivity index (χ0v) is 12.4. The summed E-state index contributed by atoms with van der Waals surface area (Å²) in [6, 6.07) is 18.5. The summed E-state index contributed by atoms with van der Waals surface area (Å²) in [7, 11) is 0. The molecule has 1 atom stereocenters. The summed E-state index contributed by atoms with van der Waals surface area (Å²) in [5.41, 5.74) is 8.13. The first kappa shape index (κ1) is 19.1. The molecule has 0 heterocycles. The van der Waals surface area contributed by atoms with E-state index < -0.39 is 0 Å². The second-order valence-electron chi connectivity index (χ2n) is 4.56. The van der Waals surface area contributed by atoms with Gasteiger partial charge in [-0.1, -0.05) is 55.5 Å². The van der Waals surface area contributed by atoms with Gasteiger partial charge < -0.3 is 21.4 Å². The molecule has 116 valence electrons. The van der Waals surface area contributed by atoms with Crippen LogP contribution in [0.25, 0.3) is 0 Å². The van der Waals surface area contributed by atoms with Gasteiger partial charge in [0.25, 0.3) is 0 Å². The van der Waals surface area contributed by atoms with Gasteiger partial charge in [-0.15, -0.1) is 0 Å². The van der Waals surface area contributed by atoms with Gasteiger partial charge in [0.05, 0.1) is 0 Å². The molecule has 0 saturated heterocycles. The topological polar surface area (TPSA) is 98.2 Å². The van der Waals surface area contributed by atoms with Gasteiger partial charge in [0, 0.05) is 6.42 Å². The Labute approximate surface area is 126 Å². The van der Waals surface area contributed by atoms with Crippen molar-refractivity contribution in [2.75, 3.05) is 6.54 Å².